The van der Waals surface area contributed by atoms with E-state index in [-0.39, 0.29) is 9.52 Å². The molecule has 0 spiro atoms. The highest BCUT2D eigenvalue weighted by Crippen LogP contribution is 2.35. The molecule has 2 aliphatic rings. The van der Waals surface area contributed by atoms with Gasteiger partial charge in [0, 0.05) is 0 Å². The van der Waals surface area contributed by atoms with E-state index in [9.17, 15) is 0 Å². The largest absolute Gasteiger partial charge is 0.374 e. The van der Waals surface area contributed by atoms with Crippen molar-refractivity contribution in [1.82, 2.24) is 0 Å². The molecule has 0 N–H and O–H groups in total. The Balaban J connectivity index is 1.90. The quantitative estimate of drug-likeness (QED) is 0.391. The molecule has 0 amide bonds. The zero-order valence-corrected chi connectivity index (χ0v) is 7.35. The van der Waals surface area contributed by atoms with Crippen LogP contribution in [0.15, 0.2) is 0 Å². The molecule has 2 saturated heterocycles. The van der Waals surface area contributed by atoms with Crippen molar-refractivity contribution in [2.45, 2.75) is 24.3 Å². The maximum atomic E-state index is 5.29. The Morgan fingerprint density at radius 3 is 1.67 bits per heavy atom. The highest BCUT2D eigenvalue weighted by molar-refractivity contribution is 6.45. The van der Waals surface area contributed by atoms with Gasteiger partial charge in [-0.2, -0.15) is 0 Å². The van der Waals surface area contributed by atoms with E-state index in [0.717, 1.165) is 13.2 Å². The molecule has 0 radical (unpaired) electrons. The minimum Gasteiger partial charge on any atom is -0.374 e. The molecule has 2 fully saturated rings. The van der Waals surface area contributed by atoms with Gasteiger partial charge >= 0.3 is 0 Å². The molecule has 2 unspecified atom stereocenters. The number of rotatable bonds is 2. The highest BCUT2D eigenvalue weighted by Gasteiger charge is 2.52. The summed E-state index contributed by atoms with van der Waals surface area (Å²) in [6.45, 7) is 6.37. The Bertz CT molecular complexity index is 122. The van der Waals surface area contributed by atoms with E-state index >= 15 is 0 Å². The predicted octanol–water partition coefficient (Wildman–Crippen LogP) is -0.352. The summed E-state index contributed by atoms with van der Waals surface area (Å²) >= 11 is 0. The molecule has 2 heterocycles. The van der Waals surface area contributed by atoms with Crippen LogP contribution in [0.4, 0.5) is 0 Å². The van der Waals surface area contributed by atoms with Crippen molar-refractivity contribution in [3.63, 3.8) is 0 Å². The van der Waals surface area contributed by atoms with Gasteiger partial charge in [0.15, 0.2) is 0 Å². The van der Waals surface area contributed by atoms with Crippen LogP contribution in [0.5, 0.6) is 0 Å². The summed E-state index contributed by atoms with van der Waals surface area (Å²) in [5.74, 6) is 0. The van der Waals surface area contributed by atoms with E-state index in [4.69, 9.17) is 9.47 Å². The number of epoxide rings is 2. The van der Waals surface area contributed by atoms with Crippen LogP contribution < -0.4 is 0 Å². The molecule has 0 aromatic heterocycles. The number of hydrogen-bond acceptors (Lipinski definition) is 2. The SMILES string of the molecule is CC1([SiH2]C2(C)CO2)CO1. The topological polar surface area (TPSA) is 25.1 Å². The molecule has 0 aliphatic carbocycles. The standard InChI is InChI=1S/C6H12O2Si/c1-5(3-7-5)9-6(2)4-8-6/h3-4,9H2,1-2H3. The molecular weight excluding hydrogens is 132 g/mol. The van der Waals surface area contributed by atoms with E-state index in [1.54, 1.807) is 0 Å². The Kier molecular flexibility index (Phi) is 0.923. The second-order valence-electron chi connectivity index (χ2n) is 3.65. The molecule has 9 heavy (non-hydrogen) atoms. The Morgan fingerprint density at radius 1 is 1.11 bits per heavy atom. The third-order valence-electron chi connectivity index (χ3n) is 2.02. The van der Waals surface area contributed by atoms with Crippen molar-refractivity contribution in [3.05, 3.63) is 0 Å². The van der Waals surface area contributed by atoms with Crippen molar-refractivity contribution < 1.29 is 9.47 Å². The number of hydrogen-bond donors (Lipinski definition) is 0. The predicted molar refractivity (Wildman–Crippen MR) is 37.3 cm³/mol. The fraction of sp³-hybridized carbons (Fsp3) is 1.00. The first-order valence-corrected chi connectivity index (χ1v) is 4.81. The summed E-state index contributed by atoms with van der Waals surface area (Å²) < 4.78 is 10.6. The summed E-state index contributed by atoms with van der Waals surface area (Å²) in [6, 6.07) is 0. The number of ether oxygens (including phenoxy) is 2. The first-order chi connectivity index (χ1) is 4.12. The molecule has 3 heteroatoms. The first-order valence-electron chi connectivity index (χ1n) is 3.40. The van der Waals surface area contributed by atoms with Crippen LogP contribution in [0.25, 0.3) is 0 Å². The van der Waals surface area contributed by atoms with Gasteiger partial charge in [0.2, 0.25) is 0 Å². The minimum absolute atomic E-state index is 0.134. The Hall–Kier alpha value is 0.137. The van der Waals surface area contributed by atoms with Crippen LogP contribution in [0.1, 0.15) is 13.8 Å². The maximum absolute atomic E-state index is 5.29. The van der Waals surface area contributed by atoms with Gasteiger partial charge < -0.3 is 9.47 Å². The molecule has 2 nitrogen and oxygen atoms in total. The first kappa shape index (κ1) is 5.89. The minimum atomic E-state index is -0.134. The molecule has 2 aliphatic heterocycles. The van der Waals surface area contributed by atoms with E-state index in [1.807, 2.05) is 0 Å². The summed E-state index contributed by atoms with van der Waals surface area (Å²) in [5.41, 5.74) is 0. The van der Waals surface area contributed by atoms with E-state index in [2.05, 4.69) is 13.8 Å². The molecule has 0 aromatic carbocycles. The van der Waals surface area contributed by atoms with Gasteiger partial charge in [0.25, 0.3) is 0 Å². The van der Waals surface area contributed by atoms with Gasteiger partial charge in [-0.3, -0.25) is 0 Å². The monoisotopic (exact) mass is 144 g/mol. The zero-order valence-electron chi connectivity index (χ0n) is 5.94. The summed E-state index contributed by atoms with van der Waals surface area (Å²) in [5, 5.41) is 0.622. The zero-order chi connectivity index (χ0) is 6.54. The third kappa shape index (κ3) is 1.18. The fourth-order valence-electron chi connectivity index (χ4n) is 1.24. The van der Waals surface area contributed by atoms with Gasteiger partial charge in [-0.25, -0.2) is 0 Å². The lowest BCUT2D eigenvalue weighted by molar-refractivity contribution is 0.363. The van der Waals surface area contributed by atoms with Crippen molar-refractivity contribution in [2.24, 2.45) is 0 Å². The van der Waals surface area contributed by atoms with E-state index in [1.165, 1.54) is 0 Å². The molecule has 0 bridgehead atoms. The summed E-state index contributed by atoms with van der Waals surface area (Å²) in [4.78, 5) is 0. The van der Waals surface area contributed by atoms with Gasteiger partial charge in [-0.15, -0.1) is 0 Å². The fourth-order valence-corrected chi connectivity index (χ4v) is 3.44. The molecule has 2 atom stereocenters. The Morgan fingerprint density at radius 2 is 1.44 bits per heavy atom. The van der Waals surface area contributed by atoms with Crippen molar-refractivity contribution in [3.8, 4) is 0 Å². The van der Waals surface area contributed by atoms with Crippen LogP contribution in [0.2, 0.25) is 0 Å². The van der Waals surface area contributed by atoms with Crippen LogP contribution in [0.3, 0.4) is 0 Å². The average molecular weight is 144 g/mol. The lowest BCUT2D eigenvalue weighted by Gasteiger charge is -2.05. The van der Waals surface area contributed by atoms with Gasteiger partial charge in [-0.05, 0) is 13.8 Å². The van der Waals surface area contributed by atoms with E-state index < -0.39 is 0 Å². The van der Waals surface area contributed by atoms with Crippen LogP contribution in [-0.4, -0.2) is 33.2 Å². The summed E-state index contributed by atoms with van der Waals surface area (Å²) in [6.07, 6.45) is 0. The molecule has 0 saturated carbocycles. The van der Waals surface area contributed by atoms with Crippen molar-refractivity contribution in [2.75, 3.05) is 13.2 Å². The third-order valence-corrected chi connectivity index (χ3v) is 4.33. The molecule has 52 valence electrons. The molecular formula is C6H12O2Si. The van der Waals surface area contributed by atoms with Gasteiger partial charge in [0.1, 0.15) is 9.52 Å². The van der Waals surface area contributed by atoms with Crippen LogP contribution in [0, 0.1) is 0 Å². The molecule has 0 aromatic rings. The van der Waals surface area contributed by atoms with Crippen LogP contribution >= 0.6 is 0 Å². The maximum Gasteiger partial charge on any atom is 0.103 e. The molecule has 2 rings (SSSR count). The summed E-state index contributed by atoms with van der Waals surface area (Å²) in [7, 11) is -0.134. The second kappa shape index (κ2) is 1.41. The smallest absolute Gasteiger partial charge is 0.103 e. The van der Waals surface area contributed by atoms with E-state index in [0.29, 0.717) is 10.4 Å². The lowest BCUT2D eigenvalue weighted by Crippen LogP contribution is -2.29. The van der Waals surface area contributed by atoms with Gasteiger partial charge in [-0.1, -0.05) is 0 Å². The second-order valence-corrected chi connectivity index (χ2v) is 7.00. The highest BCUT2D eigenvalue weighted by atomic mass is 28.2. The Labute approximate surface area is 57.4 Å². The van der Waals surface area contributed by atoms with Crippen molar-refractivity contribution in [1.29, 1.82) is 0 Å². The van der Waals surface area contributed by atoms with Crippen LogP contribution in [-0.2, 0) is 9.47 Å². The normalized spacial score (nSPS) is 56.7. The van der Waals surface area contributed by atoms with Crippen molar-refractivity contribution >= 4 is 9.52 Å². The average Bonchev–Trinajstić information content (AvgIpc) is 2.55. The lowest BCUT2D eigenvalue weighted by atomic mass is 10.5. The van der Waals surface area contributed by atoms with Gasteiger partial charge in [0.05, 0.1) is 23.7 Å².